The molecule has 0 radical (unpaired) electrons. The van der Waals surface area contributed by atoms with Gasteiger partial charge in [0.1, 0.15) is 12.7 Å². The van der Waals surface area contributed by atoms with Gasteiger partial charge in [-0.1, -0.05) is 0 Å². The molecule has 8 heteroatoms. The molecule has 0 bridgehead atoms. The second-order valence-electron chi connectivity index (χ2n) is 10.1. The van der Waals surface area contributed by atoms with Gasteiger partial charge in [-0.05, 0) is 80.6 Å². The van der Waals surface area contributed by atoms with Gasteiger partial charge in [-0.15, -0.1) is 0 Å². The molecule has 0 aliphatic carbocycles. The van der Waals surface area contributed by atoms with Crippen molar-refractivity contribution < 1.29 is 23.4 Å². The van der Waals surface area contributed by atoms with Crippen molar-refractivity contribution in [2.75, 3.05) is 44.8 Å². The maximum Gasteiger partial charge on any atom is 0.264 e. The summed E-state index contributed by atoms with van der Waals surface area (Å²) >= 11 is 0. The van der Waals surface area contributed by atoms with Gasteiger partial charge in [-0.3, -0.25) is 14.7 Å². The van der Waals surface area contributed by atoms with Crippen LogP contribution in [0.3, 0.4) is 0 Å². The fourth-order valence-electron chi connectivity index (χ4n) is 5.58. The number of fused-ring (bicyclic) bond motifs is 4. The first-order valence-corrected chi connectivity index (χ1v) is 12.6. The molecule has 2 aromatic carbocycles. The molecule has 0 spiro atoms. The Morgan fingerprint density at radius 1 is 1.14 bits per heavy atom. The number of aryl methyl sites for hydroxylation is 1. The Kier molecular flexibility index (Phi) is 5.91. The first-order valence-electron chi connectivity index (χ1n) is 12.6. The van der Waals surface area contributed by atoms with Crippen molar-refractivity contribution in [3.63, 3.8) is 0 Å². The zero-order valence-corrected chi connectivity index (χ0v) is 20.6. The molecule has 2 atom stereocenters. The van der Waals surface area contributed by atoms with Crippen LogP contribution >= 0.6 is 0 Å². The zero-order chi connectivity index (χ0) is 24.8. The largest absolute Gasteiger partial charge is 0.486 e. The number of anilines is 1. The Hall–Kier alpha value is -3.39. The van der Waals surface area contributed by atoms with Gasteiger partial charge in [-0.25, -0.2) is 4.39 Å². The molecule has 36 heavy (non-hydrogen) atoms. The number of likely N-dealkylation sites (tertiary alicyclic amines) is 1. The Morgan fingerprint density at radius 2 is 2.03 bits per heavy atom. The van der Waals surface area contributed by atoms with E-state index in [2.05, 4.69) is 9.88 Å². The standard InChI is InChI=1S/C28H30FN3O4/c1-17-5-6-21-23(30-17)7-8-25-27(21)36-20(15-34-25)14-32-9-3-4-18(13-32)10-19-11-22(29)28-24(12-19)31(2)26(33)16-35-28/h5-8,11-12,18,20H,3-4,9-10,13-16H2,1-2H3/t18?,20-/m0/s1. The van der Waals surface area contributed by atoms with Gasteiger partial charge >= 0.3 is 0 Å². The van der Waals surface area contributed by atoms with Crippen LogP contribution in [-0.2, 0) is 11.2 Å². The summed E-state index contributed by atoms with van der Waals surface area (Å²) in [5.74, 6) is 1.53. The summed E-state index contributed by atoms with van der Waals surface area (Å²) in [6, 6.07) is 11.4. The second-order valence-corrected chi connectivity index (χ2v) is 10.1. The number of hydrogen-bond acceptors (Lipinski definition) is 6. The summed E-state index contributed by atoms with van der Waals surface area (Å²) in [7, 11) is 1.67. The number of nitrogens with zero attached hydrogens (tertiary/aromatic N) is 3. The molecule has 1 fully saturated rings. The third-order valence-electron chi connectivity index (χ3n) is 7.38. The van der Waals surface area contributed by atoms with Crippen LogP contribution in [0.25, 0.3) is 10.9 Å². The minimum Gasteiger partial charge on any atom is -0.486 e. The Labute approximate surface area is 209 Å². The zero-order valence-electron chi connectivity index (χ0n) is 20.6. The highest BCUT2D eigenvalue weighted by Crippen LogP contribution is 2.39. The highest BCUT2D eigenvalue weighted by molar-refractivity contribution is 5.97. The number of carbonyl (C=O) groups excluding carboxylic acids is 1. The fraction of sp³-hybridized carbons (Fsp3) is 0.429. The van der Waals surface area contributed by atoms with E-state index in [9.17, 15) is 9.18 Å². The molecule has 7 nitrogen and oxygen atoms in total. The predicted octanol–water partition coefficient (Wildman–Crippen LogP) is 4.13. The molecule has 1 saturated heterocycles. The van der Waals surface area contributed by atoms with E-state index < -0.39 is 5.82 Å². The molecular weight excluding hydrogens is 461 g/mol. The minimum absolute atomic E-state index is 0.0684. The number of rotatable bonds is 4. The van der Waals surface area contributed by atoms with E-state index in [4.69, 9.17) is 14.2 Å². The summed E-state index contributed by atoms with van der Waals surface area (Å²) in [6.07, 6.45) is 2.85. The molecule has 0 N–H and O–H groups in total. The monoisotopic (exact) mass is 491 g/mol. The number of likely N-dealkylation sites (N-methyl/N-ethyl adjacent to an activating group) is 1. The van der Waals surface area contributed by atoms with E-state index in [-0.39, 0.29) is 24.4 Å². The number of amides is 1. The number of piperidine rings is 1. The molecule has 188 valence electrons. The highest BCUT2D eigenvalue weighted by Gasteiger charge is 2.30. The smallest absolute Gasteiger partial charge is 0.264 e. The third-order valence-corrected chi connectivity index (χ3v) is 7.38. The summed E-state index contributed by atoms with van der Waals surface area (Å²) < 4.78 is 32.5. The van der Waals surface area contributed by atoms with Crippen LogP contribution in [0, 0.1) is 18.7 Å². The molecule has 4 heterocycles. The number of halogens is 1. The summed E-state index contributed by atoms with van der Waals surface area (Å²) in [5.41, 5.74) is 3.28. The van der Waals surface area contributed by atoms with Crippen LogP contribution in [0.2, 0.25) is 0 Å². The van der Waals surface area contributed by atoms with Crippen molar-refractivity contribution in [1.82, 2.24) is 9.88 Å². The van der Waals surface area contributed by atoms with Crippen LogP contribution < -0.4 is 19.1 Å². The van der Waals surface area contributed by atoms with Crippen molar-refractivity contribution in [3.05, 3.63) is 53.5 Å². The number of hydrogen-bond donors (Lipinski definition) is 0. The van der Waals surface area contributed by atoms with Crippen LogP contribution in [-0.4, -0.2) is 61.8 Å². The Morgan fingerprint density at radius 3 is 2.92 bits per heavy atom. The van der Waals surface area contributed by atoms with E-state index in [1.54, 1.807) is 13.1 Å². The number of pyridine rings is 1. The van der Waals surface area contributed by atoms with Crippen molar-refractivity contribution in [2.24, 2.45) is 5.92 Å². The van der Waals surface area contributed by atoms with Gasteiger partial charge < -0.3 is 19.1 Å². The van der Waals surface area contributed by atoms with Gasteiger partial charge in [0.2, 0.25) is 0 Å². The predicted molar refractivity (Wildman–Crippen MR) is 135 cm³/mol. The average Bonchev–Trinajstić information content (AvgIpc) is 2.86. The maximum absolute atomic E-state index is 14.7. The lowest BCUT2D eigenvalue weighted by atomic mass is 9.90. The second kappa shape index (κ2) is 9.24. The van der Waals surface area contributed by atoms with Gasteiger partial charge in [0.25, 0.3) is 5.91 Å². The minimum atomic E-state index is -0.405. The topological polar surface area (TPSA) is 64.1 Å². The normalized spacial score (nSPS) is 21.9. The quantitative estimate of drug-likeness (QED) is 0.547. The molecule has 1 amide bonds. The molecule has 1 aromatic heterocycles. The Balaban J connectivity index is 1.13. The molecule has 3 aliphatic heterocycles. The lowest BCUT2D eigenvalue weighted by Gasteiger charge is -2.36. The first-order chi connectivity index (χ1) is 17.4. The number of aromatic nitrogens is 1. The van der Waals surface area contributed by atoms with E-state index in [1.165, 1.54) is 4.90 Å². The van der Waals surface area contributed by atoms with E-state index in [1.807, 2.05) is 37.3 Å². The lowest BCUT2D eigenvalue weighted by molar-refractivity contribution is -0.121. The molecular formula is C28H30FN3O4. The summed E-state index contributed by atoms with van der Waals surface area (Å²) in [5, 5.41) is 0.973. The molecule has 3 aliphatic rings. The molecule has 0 saturated carbocycles. The van der Waals surface area contributed by atoms with Crippen LogP contribution in [0.1, 0.15) is 24.1 Å². The average molecular weight is 492 g/mol. The molecule has 6 rings (SSSR count). The van der Waals surface area contributed by atoms with E-state index in [0.717, 1.165) is 72.6 Å². The first kappa shape index (κ1) is 23.0. The Bertz CT molecular complexity index is 1330. The van der Waals surface area contributed by atoms with Crippen molar-refractivity contribution in [3.8, 4) is 17.2 Å². The number of carbonyl (C=O) groups is 1. The molecule has 1 unspecified atom stereocenters. The number of ether oxygens (including phenoxy) is 3. The fourth-order valence-corrected chi connectivity index (χ4v) is 5.58. The van der Waals surface area contributed by atoms with Crippen molar-refractivity contribution in [2.45, 2.75) is 32.3 Å². The van der Waals surface area contributed by atoms with Gasteiger partial charge in [0.15, 0.2) is 29.7 Å². The van der Waals surface area contributed by atoms with Crippen molar-refractivity contribution in [1.29, 1.82) is 0 Å². The molecule has 3 aromatic rings. The van der Waals surface area contributed by atoms with Crippen LogP contribution in [0.5, 0.6) is 17.2 Å². The van der Waals surface area contributed by atoms with Gasteiger partial charge in [0, 0.05) is 31.2 Å². The van der Waals surface area contributed by atoms with Crippen LogP contribution in [0.4, 0.5) is 10.1 Å². The third kappa shape index (κ3) is 4.34. The van der Waals surface area contributed by atoms with Crippen LogP contribution in [0.15, 0.2) is 36.4 Å². The summed E-state index contributed by atoms with van der Waals surface area (Å²) in [4.78, 5) is 20.5. The number of benzene rings is 2. The van der Waals surface area contributed by atoms with Gasteiger partial charge in [-0.2, -0.15) is 0 Å². The lowest BCUT2D eigenvalue weighted by Crippen LogP contribution is -2.45. The van der Waals surface area contributed by atoms with Gasteiger partial charge in [0.05, 0.1) is 11.2 Å². The van der Waals surface area contributed by atoms with Crippen molar-refractivity contribution >= 4 is 22.5 Å². The SMILES string of the molecule is Cc1ccc2c3c(ccc2n1)OC[C@H](CN1CCCC(Cc2cc(F)c4c(c2)N(C)C(=O)CO4)C1)O3. The van der Waals surface area contributed by atoms with E-state index in [0.29, 0.717) is 18.2 Å². The maximum atomic E-state index is 14.7. The van der Waals surface area contributed by atoms with E-state index >= 15 is 0 Å². The highest BCUT2D eigenvalue weighted by atomic mass is 19.1. The summed E-state index contributed by atoms with van der Waals surface area (Å²) in [6.45, 7) is 5.05.